The van der Waals surface area contributed by atoms with Crippen LogP contribution in [0.25, 0.3) is 0 Å². The zero-order valence-corrected chi connectivity index (χ0v) is 35.9. The Morgan fingerprint density at radius 1 is 0.537 bits per heavy atom. The molecule has 6 N–H and O–H groups in total. The van der Waals surface area contributed by atoms with Crippen LogP contribution in [0.4, 0.5) is 0 Å². The van der Waals surface area contributed by atoms with Crippen molar-refractivity contribution >= 4 is 17.7 Å². The maximum absolute atomic E-state index is 13.6. The first-order chi connectivity index (χ1) is 24.2. The Hall–Kier alpha value is -2.95. The second-order valence-corrected chi connectivity index (χ2v) is 18.2. The predicted molar refractivity (Wildman–Crippen MR) is 204 cm³/mol. The molecule has 1 aromatic rings. The lowest BCUT2D eigenvalue weighted by atomic mass is 9.96. The molecule has 3 amide bonds. The maximum Gasteiger partial charge on any atom is 0.249 e. The number of rotatable bonds is 14. The number of carbonyl (C=O) groups is 3. The molecule has 3 heterocycles. The summed E-state index contributed by atoms with van der Waals surface area (Å²) in [5.41, 5.74) is -2.30. The van der Waals surface area contributed by atoms with Gasteiger partial charge in [-0.1, -0.05) is 48.6 Å². The van der Waals surface area contributed by atoms with E-state index in [1.165, 1.54) is 15.2 Å². The fraction of sp³-hybridized carbons (Fsp3) is 0.625. The van der Waals surface area contributed by atoms with Crippen LogP contribution in [0.2, 0.25) is 0 Å². The summed E-state index contributed by atoms with van der Waals surface area (Å²) >= 11 is 0. The Morgan fingerprint density at radius 3 is 1.06 bits per heavy atom. The summed E-state index contributed by atoms with van der Waals surface area (Å²) in [7, 11) is 0. The fourth-order valence-corrected chi connectivity index (χ4v) is 8.36. The van der Waals surface area contributed by atoms with E-state index in [2.05, 4.69) is 16.0 Å². The molecule has 4 rings (SSSR count). The van der Waals surface area contributed by atoms with Crippen LogP contribution in [0.5, 0.6) is 0 Å². The molecule has 0 atom stereocenters. The second kappa shape index (κ2) is 15.9. The smallest absolute Gasteiger partial charge is 0.249 e. The van der Waals surface area contributed by atoms with Crippen LogP contribution in [-0.4, -0.2) is 126 Å². The minimum atomic E-state index is -0.888. The molecule has 0 fully saturated rings. The molecule has 1 aromatic carbocycles. The number of benzene rings is 1. The highest BCUT2D eigenvalue weighted by Crippen LogP contribution is 2.40. The molecule has 0 radical (unpaired) electrons. The first-order valence-electron chi connectivity index (χ1n) is 18.6. The van der Waals surface area contributed by atoms with Gasteiger partial charge in [0.05, 0.1) is 72.5 Å². The molecule has 0 saturated heterocycles. The van der Waals surface area contributed by atoms with Gasteiger partial charge in [-0.05, 0) is 83.1 Å². The van der Waals surface area contributed by atoms with Crippen LogP contribution in [-0.2, 0) is 20.9 Å². The van der Waals surface area contributed by atoms with Gasteiger partial charge >= 0.3 is 0 Å². The summed E-state index contributed by atoms with van der Waals surface area (Å²) in [6.45, 7) is 24.8. The Labute approximate surface area is 332 Å². The molecule has 3 aliphatic rings. The Kier molecular flexibility index (Phi) is 13.4. The van der Waals surface area contributed by atoms with Crippen LogP contribution < -0.4 is 32.9 Å². The van der Waals surface area contributed by atoms with Gasteiger partial charge in [0, 0.05) is 22.3 Å². The third-order valence-electron chi connectivity index (χ3n) is 11.4. The number of carbonyl (C=O) groups excluding carboxylic acids is 3. The number of halogens is 1. The summed E-state index contributed by atoms with van der Waals surface area (Å²) < 4.78 is 0.408. The minimum absolute atomic E-state index is 0. The number of nitrogens with zero attached hydrogens (tertiary/aromatic N) is 4. The summed E-state index contributed by atoms with van der Waals surface area (Å²) in [5, 5.41) is 45.3. The molecule has 0 spiro atoms. The molecule has 0 unspecified atom stereocenters. The second-order valence-electron chi connectivity index (χ2n) is 18.2. The van der Waals surface area contributed by atoms with Crippen molar-refractivity contribution in [1.29, 1.82) is 0 Å². The van der Waals surface area contributed by atoms with E-state index >= 15 is 0 Å². The Morgan fingerprint density at radius 2 is 0.815 bits per heavy atom. The van der Waals surface area contributed by atoms with Crippen molar-refractivity contribution in [2.75, 3.05) is 39.3 Å². The number of amides is 3. The van der Waals surface area contributed by atoms with Crippen molar-refractivity contribution in [1.82, 2.24) is 31.1 Å². The normalized spacial score (nSPS) is 22.5. The summed E-state index contributed by atoms with van der Waals surface area (Å²) in [6, 6.07) is 9.98. The lowest BCUT2D eigenvalue weighted by molar-refractivity contribution is -0.937. The largest absolute Gasteiger partial charge is 1.00 e. The van der Waals surface area contributed by atoms with Crippen molar-refractivity contribution in [3.8, 4) is 0 Å². The SMILES string of the molecule is CC1(C)C=C(C(=O)NCC[N+](CCNC(=O)C2=CC(C)(C)N(O)C2(C)C)(CCNC(=O)C2=CC(C)(C)N(O)C2(C)C)Cc2ccccc2)C(C)(C)N1O.[Br-]. The van der Waals surface area contributed by atoms with Gasteiger partial charge in [-0.3, -0.25) is 14.4 Å². The van der Waals surface area contributed by atoms with Crippen molar-refractivity contribution in [3.63, 3.8) is 0 Å². The monoisotopic (exact) mass is 817 g/mol. The van der Waals surface area contributed by atoms with Crippen LogP contribution in [0.15, 0.2) is 65.3 Å². The van der Waals surface area contributed by atoms with Gasteiger partial charge in [0.2, 0.25) is 17.7 Å². The van der Waals surface area contributed by atoms with Gasteiger partial charge < -0.3 is 53.0 Å². The van der Waals surface area contributed by atoms with Gasteiger partial charge in [0.1, 0.15) is 6.54 Å². The third kappa shape index (κ3) is 9.02. The van der Waals surface area contributed by atoms with E-state index in [9.17, 15) is 30.0 Å². The van der Waals surface area contributed by atoms with E-state index in [4.69, 9.17) is 0 Å². The van der Waals surface area contributed by atoms with Crippen molar-refractivity contribution < 1.29 is 51.5 Å². The van der Waals surface area contributed by atoms with Crippen molar-refractivity contribution in [2.24, 2.45) is 0 Å². The number of hydrogen-bond donors (Lipinski definition) is 6. The van der Waals surface area contributed by atoms with E-state index in [0.29, 0.717) is 67.0 Å². The molecule has 0 aromatic heterocycles. The molecular weight excluding hydrogens is 754 g/mol. The van der Waals surface area contributed by atoms with Gasteiger partial charge in [0.15, 0.2) is 0 Å². The molecular formula is C40H64BrN7O6. The lowest BCUT2D eigenvalue weighted by Gasteiger charge is -2.40. The van der Waals surface area contributed by atoms with Gasteiger partial charge in [-0.25, -0.2) is 0 Å². The van der Waals surface area contributed by atoms with Crippen LogP contribution >= 0.6 is 0 Å². The van der Waals surface area contributed by atoms with Gasteiger partial charge in [0.25, 0.3) is 0 Å². The lowest BCUT2D eigenvalue weighted by Crippen LogP contribution is -3.00. The first-order valence-corrected chi connectivity index (χ1v) is 18.6. The van der Waals surface area contributed by atoms with Crippen molar-refractivity contribution in [2.45, 2.75) is 123 Å². The molecule has 3 aliphatic heterocycles. The standard InChI is InChI=1S/C40H63N7O6.BrH/c1-35(2)24-29(38(7,8)44(35)51)32(48)41-18-21-47(27-28-16-14-13-15-17-28,22-19-42-33(49)30-25-36(3,4)45(52)39(30,9)10)23-20-43-34(50)31-26-37(5,6)46(53)40(31,11)12;/h13-17,24-26,51-53H,18-23,27H2,1-12H3,(H2-,41,42,43,48,49,50);1H. The highest BCUT2D eigenvalue weighted by molar-refractivity contribution is 5.97. The topological polar surface area (TPSA) is 158 Å². The molecule has 13 nitrogen and oxygen atoms in total. The number of nitrogens with one attached hydrogen (secondary N) is 3. The molecule has 14 heteroatoms. The number of hydrogen-bond acceptors (Lipinski definition) is 9. The van der Waals surface area contributed by atoms with Crippen molar-refractivity contribution in [3.05, 3.63) is 70.8 Å². The first kappa shape index (κ1) is 45.4. The fourth-order valence-electron chi connectivity index (χ4n) is 8.36. The zero-order chi connectivity index (χ0) is 40.0. The molecule has 302 valence electrons. The predicted octanol–water partition coefficient (Wildman–Crippen LogP) is 0.921. The Bertz CT molecular complexity index is 1510. The quantitative estimate of drug-likeness (QED) is 0.150. The average Bonchev–Trinajstić information content (AvgIpc) is 3.43. The van der Waals surface area contributed by atoms with E-state index in [1.807, 2.05) is 113 Å². The maximum atomic E-state index is 13.6. The number of hydroxylamine groups is 6. The van der Waals surface area contributed by atoms with E-state index in [0.717, 1.165) is 5.56 Å². The summed E-state index contributed by atoms with van der Waals surface area (Å²) in [6.07, 6.45) is 5.38. The highest BCUT2D eigenvalue weighted by atomic mass is 79.9. The van der Waals surface area contributed by atoms with Crippen LogP contribution in [0.3, 0.4) is 0 Å². The van der Waals surface area contributed by atoms with E-state index < -0.39 is 33.2 Å². The zero-order valence-electron chi connectivity index (χ0n) is 34.3. The summed E-state index contributed by atoms with van der Waals surface area (Å²) in [5.74, 6) is -0.799. The minimum Gasteiger partial charge on any atom is -1.00 e. The highest BCUT2D eigenvalue weighted by Gasteiger charge is 2.50. The average molecular weight is 819 g/mol. The molecule has 0 saturated carbocycles. The van der Waals surface area contributed by atoms with Crippen LogP contribution in [0.1, 0.15) is 88.6 Å². The molecule has 54 heavy (non-hydrogen) atoms. The van der Waals surface area contributed by atoms with E-state index in [-0.39, 0.29) is 34.7 Å². The van der Waals surface area contributed by atoms with Crippen LogP contribution in [0, 0.1) is 0 Å². The van der Waals surface area contributed by atoms with Gasteiger partial charge in [-0.15, -0.1) is 0 Å². The van der Waals surface area contributed by atoms with E-state index in [1.54, 1.807) is 18.2 Å². The third-order valence-corrected chi connectivity index (χ3v) is 11.4. The Balaban J connectivity index is 0.00000784. The number of quaternary nitrogens is 1. The molecule has 0 aliphatic carbocycles. The summed E-state index contributed by atoms with van der Waals surface area (Å²) in [4.78, 5) is 40.9. The van der Waals surface area contributed by atoms with Gasteiger partial charge in [-0.2, -0.15) is 15.2 Å². The molecule has 0 bridgehead atoms.